The molecule has 0 amide bonds. The van der Waals surface area contributed by atoms with Gasteiger partial charge in [0.1, 0.15) is 39.3 Å². The number of benzene rings is 14. The van der Waals surface area contributed by atoms with Crippen molar-refractivity contribution in [1.82, 2.24) is 0 Å². The molecule has 4 aliphatic heterocycles. The summed E-state index contributed by atoms with van der Waals surface area (Å²) >= 11 is 0. The molecule has 0 spiro atoms. The highest BCUT2D eigenvalue weighted by Crippen LogP contribution is 2.54. The molecule has 4 atom stereocenters. The van der Waals surface area contributed by atoms with Gasteiger partial charge in [0.2, 0.25) is 0 Å². The number of hydrogen-bond acceptors (Lipinski definition) is 22. The second-order valence-electron chi connectivity index (χ2n) is 24.0. The minimum Gasteiger partial charge on any atom is -0.493 e. The molecule has 0 radical (unpaired) electrons. The predicted octanol–water partition coefficient (Wildman–Crippen LogP) is 20.7. The normalized spacial score (nSPS) is 15.4. The predicted molar refractivity (Wildman–Crippen MR) is 414 cm³/mol. The van der Waals surface area contributed by atoms with E-state index in [1.165, 1.54) is 6.07 Å². The molecule has 0 N–H and O–H groups in total. The zero-order valence-electron chi connectivity index (χ0n) is 57.8. The van der Waals surface area contributed by atoms with Gasteiger partial charge >= 0.3 is 82.2 Å². The van der Waals surface area contributed by atoms with Crippen molar-refractivity contribution < 1.29 is 102 Å². The largest absolute Gasteiger partial charge is 0.535 e. The van der Waals surface area contributed by atoms with Gasteiger partial charge in [-0.25, -0.2) is 38.4 Å². The van der Waals surface area contributed by atoms with Crippen LogP contribution in [0.25, 0.3) is 53.9 Å². The lowest BCUT2D eigenvalue weighted by molar-refractivity contribution is 0.0585. The fourth-order valence-corrected chi connectivity index (χ4v) is 15.7. The number of carbonyl (C=O) groups excluding carboxylic acids is 9. The molecule has 14 aromatic rings. The van der Waals surface area contributed by atoms with E-state index in [0.29, 0.717) is 74.1 Å². The summed E-state index contributed by atoms with van der Waals surface area (Å²) in [6.45, 7) is 2.23. The second-order valence-corrected chi connectivity index (χ2v) is 28.0. The first-order chi connectivity index (χ1) is 54.2. The zero-order valence-corrected chi connectivity index (χ0v) is 61.3. The van der Waals surface area contributed by atoms with Crippen LogP contribution < -0.4 is 22.8 Å². The van der Waals surface area contributed by atoms with Crippen molar-refractivity contribution >= 4 is 142 Å². The molecule has 4 heterocycles. The summed E-state index contributed by atoms with van der Waals surface area (Å²) in [5, 5.41) is 8.34. The highest BCUT2D eigenvalue weighted by molar-refractivity contribution is 7.44. The highest BCUT2D eigenvalue weighted by Gasteiger charge is 2.40. The maximum atomic E-state index is 13.1. The fraction of sp³-hybridized carbons (Fsp3) is 0.0235. The van der Waals surface area contributed by atoms with Gasteiger partial charge in [-0.2, -0.15) is 0 Å². The Kier molecular flexibility index (Phi) is 21.7. The summed E-state index contributed by atoms with van der Waals surface area (Å²) in [5.41, 5.74) is 2.93. The Hall–Kier alpha value is -13.5. The number of hydrogen-bond donors (Lipinski definition) is 0. The summed E-state index contributed by atoms with van der Waals surface area (Å²) in [6, 6.07) is 86.8. The van der Waals surface area contributed by atoms with Crippen molar-refractivity contribution in [3.05, 3.63) is 353 Å². The standard InChI is InChI=1S/C25H15O6P.C22H13O5P.C20H15O6P.C18H11O5P/c26-22(17-9-2-1-3-10-17)19-12-6-7-13-20(19)24(27)30-32-29-23-18-11-5-4-8-16(18)14-15-21(23)25(28)31-32;23-21-18-11-5-6-12-19(18)25-28(26-21)27-22(24)20-16-9-3-1-7-14(16)13-15-8-2-4-10-17(15)20;1-2-23-17-10-6-5-9-15(17)19(21)25-27-24-18-14-8-4-3-7-13(14)11-12-16(18)20(22)26-27;19-17(13-7-2-1-3-8-13)22-24-21-16-14-9-5-4-6-12(14)10-11-15(16)18(20)23-24/h1-15H;1-13H;3-12H,2H2,1H3;1-11H. The SMILES string of the molecule is CCOc1ccccc1C(=O)OP1OC(=O)c2ccc3ccccc3c2O1.O=C(OP1OC(=O)c2ccc3ccccc3c2O1)c1ccccc1.O=C(OP1OC(=O)c2ccc3ccccc3c2O1)c1ccccc1C(=O)c1ccccc1.O=C1OP(OC(=O)c2c3ccccc3cc3ccccc23)Oc2ccccc21. The van der Waals surface area contributed by atoms with Gasteiger partial charge in [0.15, 0.2) is 23.0 Å². The second kappa shape index (κ2) is 32.9. The van der Waals surface area contributed by atoms with Crippen LogP contribution in [0.3, 0.4) is 0 Å². The number of ether oxygens (including phenoxy) is 1. The molecule has 22 nitrogen and oxygen atoms in total. The van der Waals surface area contributed by atoms with E-state index in [2.05, 4.69) is 0 Å². The van der Waals surface area contributed by atoms with Crippen LogP contribution in [-0.2, 0) is 36.2 Å². The van der Waals surface area contributed by atoms with Crippen LogP contribution in [0.1, 0.15) is 106 Å². The Bertz CT molecular complexity index is 5990. The lowest BCUT2D eigenvalue weighted by atomic mass is 9.97. The molecule has 4 unspecified atom stereocenters. The number of para-hydroxylation sites is 2. The van der Waals surface area contributed by atoms with E-state index in [1.807, 2.05) is 146 Å². The molecule has 26 heteroatoms. The van der Waals surface area contributed by atoms with E-state index < -0.39 is 82.2 Å². The molecule has 0 aromatic heterocycles. The van der Waals surface area contributed by atoms with E-state index in [1.54, 1.807) is 152 Å². The molecular weight excluding hydrogens is 1500 g/mol. The third-order valence-corrected chi connectivity index (χ3v) is 21.0. The van der Waals surface area contributed by atoms with E-state index in [9.17, 15) is 43.2 Å². The average Bonchev–Trinajstić information content (AvgIpc) is 0.783. The Morgan fingerprint density at radius 3 is 1.13 bits per heavy atom. The maximum absolute atomic E-state index is 13.1. The first-order valence-electron chi connectivity index (χ1n) is 33.9. The minimum atomic E-state index is -2.33. The topological polar surface area (TPSA) is 274 Å². The third-order valence-electron chi connectivity index (χ3n) is 17.2. The molecule has 0 bridgehead atoms. The van der Waals surface area contributed by atoms with E-state index in [-0.39, 0.29) is 28.0 Å². The van der Waals surface area contributed by atoms with Crippen LogP contribution in [0.15, 0.2) is 297 Å². The van der Waals surface area contributed by atoms with Crippen molar-refractivity contribution in [2.45, 2.75) is 6.92 Å². The van der Waals surface area contributed by atoms with Crippen molar-refractivity contribution in [1.29, 1.82) is 0 Å². The third kappa shape index (κ3) is 16.0. The Morgan fingerprint density at radius 1 is 0.288 bits per heavy atom. The van der Waals surface area contributed by atoms with E-state index in [0.717, 1.165) is 48.5 Å². The van der Waals surface area contributed by atoms with Gasteiger partial charge in [0, 0.05) is 27.3 Å². The molecule has 0 saturated heterocycles. The van der Waals surface area contributed by atoms with Gasteiger partial charge in [-0.1, -0.05) is 231 Å². The Morgan fingerprint density at radius 2 is 0.640 bits per heavy atom. The van der Waals surface area contributed by atoms with Crippen LogP contribution >= 0.6 is 34.4 Å². The first kappa shape index (κ1) is 73.1. The van der Waals surface area contributed by atoms with Crippen LogP contribution in [-0.4, -0.2) is 60.1 Å². The van der Waals surface area contributed by atoms with Crippen molar-refractivity contribution in [2.75, 3.05) is 6.61 Å². The van der Waals surface area contributed by atoms with Crippen LogP contribution in [0, 0.1) is 0 Å². The molecule has 4 aliphatic rings. The van der Waals surface area contributed by atoms with Crippen LogP contribution in [0.5, 0.6) is 28.7 Å². The van der Waals surface area contributed by atoms with Gasteiger partial charge in [0.05, 0.1) is 23.3 Å². The lowest BCUT2D eigenvalue weighted by Crippen LogP contribution is -2.17. The number of ketones is 1. The van der Waals surface area contributed by atoms with Gasteiger partial charge in [-0.15, -0.1) is 0 Å². The molecule has 0 fully saturated rings. The summed E-state index contributed by atoms with van der Waals surface area (Å²) in [6.07, 6.45) is 0. The number of rotatable bonds is 12. The van der Waals surface area contributed by atoms with Gasteiger partial charge < -0.3 is 59.0 Å². The van der Waals surface area contributed by atoms with Crippen LogP contribution in [0.2, 0.25) is 0 Å². The summed E-state index contributed by atoms with van der Waals surface area (Å²) in [4.78, 5) is 113. The number of fused-ring (bicyclic) bond motifs is 12. The Balaban J connectivity index is 0.000000118. The minimum absolute atomic E-state index is 0.0622. The number of carbonyl (C=O) groups is 9. The van der Waals surface area contributed by atoms with Crippen molar-refractivity contribution in [3.8, 4) is 28.7 Å². The molecule has 18 rings (SSSR count). The van der Waals surface area contributed by atoms with E-state index in [4.69, 9.17) is 59.0 Å². The zero-order chi connectivity index (χ0) is 76.5. The molecular formula is C85H54O22P4. The maximum Gasteiger partial charge on any atom is 0.535 e. The van der Waals surface area contributed by atoms with Gasteiger partial charge in [-0.3, -0.25) is 4.79 Å². The summed E-state index contributed by atoms with van der Waals surface area (Å²) in [7, 11) is -8.84. The van der Waals surface area contributed by atoms with Crippen LogP contribution in [0.4, 0.5) is 0 Å². The quantitative estimate of drug-likeness (QED) is 0.0624. The average molecular weight is 1550 g/mol. The molecule has 0 aliphatic carbocycles. The van der Waals surface area contributed by atoms with Gasteiger partial charge in [0.25, 0.3) is 0 Å². The Labute approximate surface area is 635 Å². The first-order valence-corrected chi connectivity index (χ1v) is 38.3. The smallest absolute Gasteiger partial charge is 0.493 e. The fourth-order valence-electron chi connectivity index (χ4n) is 12.0. The monoisotopic (exact) mass is 1550 g/mol. The highest BCUT2D eigenvalue weighted by atomic mass is 31.2. The van der Waals surface area contributed by atoms with E-state index >= 15 is 0 Å². The van der Waals surface area contributed by atoms with Crippen molar-refractivity contribution in [2.24, 2.45) is 0 Å². The summed E-state index contributed by atoms with van der Waals surface area (Å²) in [5.74, 6) is -3.54. The summed E-state index contributed by atoms with van der Waals surface area (Å²) < 4.78 is 70.4. The molecule has 111 heavy (non-hydrogen) atoms. The van der Waals surface area contributed by atoms with Crippen molar-refractivity contribution in [3.63, 3.8) is 0 Å². The molecule has 0 saturated carbocycles. The molecule has 546 valence electrons. The van der Waals surface area contributed by atoms with Gasteiger partial charge in [-0.05, 0) is 111 Å². The lowest BCUT2D eigenvalue weighted by Gasteiger charge is -2.23. The molecule has 14 aromatic carbocycles.